The SMILES string of the molecule is NC(=NCC(=O)O)c1ccc(Cl)cc1. The van der Waals surface area contributed by atoms with Crippen molar-refractivity contribution < 1.29 is 9.90 Å². The zero-order valence-corrected chi connectivity index (χ0v) is 8.03. The molecule has 0 fully saturated rings. The zero-order valence-electron chi connectivity index (χ0n) is 7.27. The van der Waals surface area contributed by atoms with Gasteiger partial charge in [-0.2, -0.15) is 0 Å². The maximum absolute atomic E-state index is 10.2. The van der Waals surface area contributed by atoms with Gasteiger partial charge in [-0.15, -0.1) is 0 Å². The van der Waals surface area contributed by atoms with E-state index in [-0.39, 0.29) is 12.4 Å². The number of rotatable bonds is 3. The lowest BCUT2D eigenvalue weighted by molar-refractivity contribution is -0.135. The van der Waals surface area contributed by atoms with E-state index in [4.69, 9.17) is 22.4 Å². The van der Waals surface area contributed by atoms with Crippen LogP contribution in [-0.2, 0) is 4.79 Å². The molecule has 0 radical (unpaired) electrons. The maximum atomic E-state index is 10.2. The Bertz CT molecular complexity index is 360. The molecule has 0 amide bonds. The van der Waals surface area contributed by atoms with E-state index in [1.165, 1.54) is 0 Å². The Morgan fingerprint density at radius 1 is 1.43 bits per heavy atom. The first-order valence-electron chi connectivity index (χ1n) is 3.87. The van der Waals surface area contributed by atoms with Gasteiger partial charge in [-0.05, 0) is 24.3 Å². The average molecular weight is 213 g/mol. The highest BCUT2D eigenvalue weighted by Crippen LogP contribution is 2.08. The predicted molar refractivity (Wildman–Crippen MR) is 54.7 cm³/mol. The number of amidine groups is 1. The predicted octanol–water partition coefficient (Wildman–Crippen LogP) is 1.13. The number of aliphatic imine (C=N–C) groups is 1. The molecule has 1 rings (SSSR count). The van der Waals surface area contributed by atoms with Crippen LogP contribution in [0.3, 0.4) is 0 Å². The summed E-state index contributed by atoms with van der Waals surface area (Å²) in [4.78, 5) is 13.9. The molecule has 0 saturated heterocycles. The summed E-state index contributed by atoms with van der Waals surface area (Å²) in [5.41, 5.74) is 6.20. The number of halogens is 1. The van der Waals surface area contributed by atoms with E-state index in [0.29, 0.717) is 10.6 Å². The Labute approximate surface area is 86.0 Å². The second-order valence-corrected chi connectivity index (χ2v) is 3.04. The number of hydrogen-bond donors (Lipinski definition) is 2. The van der Waals surface area contributed by atoms with Gasteiger partial charge in [-0.1, -0.05) is 11.6 Å². The molecule has 0 aliphatic heterocycles. The summed E-state index contributed by atoms with van der Waals surface area (Å²) < 4.78 is 0. The lowest BCUT2D eigenvalue weighted by Gasteiger charge is -1.99. The molecule has 0 spiro atoms. The van der Waals surface area contributed by atoms with Crippen molar-refractivity contribution in [2.75, 3.05) is 6.54 Å². The van der Waals surface area contributed by atoms with Gasteiger partial charge in [0.05, 0.1) is 0 Å². The van der Waals surface area contributed by atoms with Gasteiger partial charge in [0.2, 0.25) is 0 Å². The molecule has 0 aliphatic carbocycles. The smallest absolute Gasteiger partial charge is 0.325 e. The molecule has 1 aromatic carbocycles. The molecule has 0 heterocycles. The normalized spacial score (nSPS) is 11.4. The molecular weight excluding hydrogens is 204 g/mol. The third kappa shape index (κ3) is 3.06. The van der Waals surface area contributed by atoms with E-state index >= 15 is 0 Å². The minimum Gasteiger partial charge on any atom is -0.480 e. The lowest BCUT2D eigenvalue weighted by Crippen LogP contribution is -2.15. The highest BCUT2D eigenvalue weighted by molar-refractivity contribution is 6.30. The fraction of sp³-hybridized carbons (Fsp3) is 0.111. The number of hydrogen-bond acceptors (Lipinski definition) is 2. The summed E-state index contributed by atoms with van der Waals surface area (Å²) in [6.07, 6.45) is 0. The third-order valence-corrected chi connectivity index (χ3v) is 1.78. The van der Waals surface area contributed by atoms with Crippen molar-refractivity contribution >= 4 is 23.4 Å². The molecule has 0 bridgehead atoms. The fourth-order valence-electron chi connectivity index (χ4n) is 0.865. The molecule has 0 aromatic heterocycles. The molecule has 14 heavy (non-hydrogen) atoms. The van der Waals surface area contributed by atoms with Crippen molar-refractivity contribution in [1.82, 2.24) is 0 Å². The van der Waals surface area contributed by atoms with Gasteiger partial charge in [0.1, 0.15) is 12.4 Å². The standard InChI is InChI=1S/C9H9ClN2O2/c10-7-3-1-6(2-4-7)9(11)12-5-8(13)14/h1-4H,5H2,(H2,11,12)(H,13,14). The Morgan fingerprint density at radius 2 is 2.00 bits per heavy atom. The summed E-state index contributed by atoms with van der Waals surface area (Å²) in [5, 5.41) is 8.97. The first kappa shape index (κ1) is 10.5. The molecule has 0 aliphatic rings. The summed E-state index contributed by atoms with van der Waals surface area (Å²) in [6, 6.07) is 6.70. The number of nitrogens with zero attached hydrogens (tertiary/aromatic N) is 1. The van der Waals surface area contributed by atoms with Crippen molar-refractivity contribution in [3.8, 4) is 0 Å². The molecule has 0 atom stereocenters. The molecule has 3 N–H and O–H groups in total. The minimum atomic E-state index is -1.01. The first-order chi connectivity index (χ1) is 6.59. The maximum Gasteiger partial charge on any atom is 0.325 e. The van der Waals surface area contributed by atoms with Crippen LogP contribution >= 0.6 is 11.6 Å². The van der Waals surface area contributed by atoms with Crippen molar-refractivity contribution in [2.24, 2.45) is 10.7 Å². The van der Waals surface area contributed by atoms with Gasteiger partial charge in [0, 0.05) is 10.6 Å². The van der Waals surface area contributed by atoms with Crippen LogP contribution in [-0.4, -0.2) is 23.5 Å². The topological polar surface area (TPSA) is 75.7 Å². The summed E-state index contributed by atoms with van der Waals surface area (Å²) in [7, 11) is 0. The summed E-state index contributed by atoms with van der Waals surface area (Å²) in [6.45, 7) is -0.325. The quantitative estimate of drug-likeness (QED) is 0.583. The van der Waals surface area contributed by atoms with E-state index < -0.39 is 5.97 Å². The number of benzene rings is 1. The summed E-state index contributed by atoms with van der Waals surface area (Å²) in [5.74, 6) is -0.814. The van der Waals surface area contributed by atoms with Crippen molar-refractivity contribution in [2.45, 2.75) is 0 Å². The Balaban J connectivity index is 2.78. The van der Waals surface area contributed by atoms with Gasteiger partial charge in [0.15, 0.2) is 0 Å². The van der Waals surface area contributed by atoms with Crippen molar-refractivity contribution in [3.05, 3.63) is 34.9 Å². The molecule has 74 valence electrons. The monoisotopic (exact) mass is 212 g/mol. The number of carbonyl (C=O) groups is 1. The summed E-state index contributed by atoms with van der Waals surface area (Å²) >= 11 is 5.67. The highest BCUT2D eigenvalue weighted by atomic mass is 35.5. The molecule has 1 aromatic rings. The van der Waals surface area contributed by atoms with Crippen molar-refractivity contribution in [1.29, 1.82) is 0 Å². The molecule has 0 saturated carbocycles. The Hall–Kier alpha value is -1.55. The number of aliphatic carboxylic acids is 1. The van der Waals surface area contributed by atoms with Crippen LogP contribution < -0.4 is 5.73 Å². The largest absolute Gasteiger partial charge is 0.480 e. The second kappa shape index (κ2) is 4.62. The van der Waals surface area contributed by atoms with E-state index in [1.54, 1.807) is 24.3 Å². The van der Waals surface area contributed by atoms with E-state index in [0.717, 1.165) is 0 Å². The van der Waals surface area contributed by atoms with Crippen LogP contribution in [0.15, 0.2) is 29.3 Å². The van der Waals surface area contributed by atoms with Gasteiger partial charge in [-0.3, -0.25) is 9.79 Å². The van der Waals surface area contributed by atoms with Crippen LogP contribution in [0.4, 0.5) is 0 Å². The molecular formula is C9H9ClN2O2. The molecule has 0 unspecified atom stereocenters. The van der Waals surface area contributed by atoms with Gasteiger partial charge < -0.3 is 10.8 Å². The van der Waals surface area contributed by atoms with Crippen LogP contribution in [0.1, 0.15) is 5.56 Å². The Kier molecular flexibility index (Phi) is 3.48. The van der Waals surface area contributed by atoms with E-state index in [9.17, 15) is 4.79 Å². The van der Waals surface area contributed by atoms with Gasteiger partial charge in [0.25, 0.3) is 0 Å². The second-order valence-electron chi connectivity index (χ2n) is 2.60. The zero-order chi connectivity index (χ0) is 10.6. The lowest BCUT2D eigenvalue weighted by atomic mass is 10.2. The van der Waals surface area contributed by atoms with Crippen LogP contribution in [0.25, 0.3) is 0 Å². The van der Waals surface area contributed by atoms with Crippen LogP contribution in [0, 0.1) is 0 Å². The van der Waals surface area contributed by atoms with Crippen LogP contribution in [0.2, 0.25) is 5.02 Å². The fourth-order valence-corrected chi connectivity index (χ4v) is 0.991. The first-order valence-corrected chi connectivity index (χ1v) is 4.25. The van der Waals surface area contributed by atoms with E-state index in [2.05, 4.69) is 4.99 Å². The third-order valence-electron chi connectivity index (χ3n) is 1.52. The number of nitrogens with two attached hydrogens (primary N) is 1. The van der Waals surface area contributed by atoms with E-state index in [1.807, 2.05) is 0 Å². The Morgan fingerprint density at radius 3 is 2.50 bits per heavy atom. The van der Waals surface area contributed by atoms with Crippen LogP contribution in [0.5, 0.6) is 0 Å². The highest BCUT2D eigenvalue weighted by Gasteiger charge is 1.99. The molecule has 5 heteroatoms. The minimum absolute atomic E-state index is 0.198. The van der Waals surface area contributed by atoms with Gasteiger partial charge in [-0.25, -0.2) is 0 Å². The number of carboxylic acids is 1. The average Bonchev–Trinajstić information content (AvgIpc) is 2.15. The molecule has 4 nitrogen and oxygen atoms in total. The number of carboxylic acid groups (broad SMARTS) is 1. The van der Waals surface area contributed by atoms with Crippen molar-refractivity contribution in [3.63, 3.8) is 0 Å². The van der Waals surface area contributed by atoms with Gasteiger partial charge >= 0.3 is 5.97 Å².